The monoisotopic (exact) mass is 296 g/mol. The number of amidine groups is 1. The van der Waals surface area contributed by atoms with E-state index in [4.69, 9.17) is 11.1 Å². The van der Waals surface area contributed by atoms with Crippen LogP contribution >= 0.6 is 11.8 Å². The Bertz CT molecular complexity index is 768. The lowest BCUT2D eigenvalue weighted by atomic mass is 10.2. The molecule has 3 rings (SSSR count). The maximum Gasteiger partial charge on any atom is 0.218 e. The molecule has 1 heterocycles. The van der Waals surface area contributed by atoms with Crippen molar-refractivity contribution in [3.05, 3.63) is 60.2 Å². The molecule has 7 heteroatoms. The lowest BCUT2D eigenvalue weighted by molar-refractivity contribution is 0.756. The molecule has 0 aliphatic carbocycles. The fraction of sp³-hybridized carbons (Fsp3) is 0. The van der Waals surface area contributed by atoms with Gasteiger partial charge in [-0.15, -0.1) is 5.10 Å². The molecule has 0 aliphatic heterocycles. The van der Waals surface area contributed by atoms with E-state index in [-0.39, 0.29) is 5.84 Å². The van der Waals surface area contributed by atoms with E-state index in [9.17, 15) is 0 Å². The van der Waals surface area contributed by atoms with Crippen LogP contribution in [-0.2, 0) is 0 Å². The van der Waals surface area contributed by atoms with Gasteiger partial charge in [0, 0.05) is 10.5 Å². The van der Waals surface area contributed by atoms with Crippen LogP contribution in [0.2, 0.25) is 0 Å². The minimum Gasteiger partial charge on any atom is -0.384 e. The molecule has 0 radical (unpaired) electrons. The van der Waals surface area contributed by atoms with Gasteiger partial charge in [0.05, 0.1) is 5.69 Å². The summed E-state index contributed by atoms with van der Waals surface area (Å²) in [5, 5.41) is 20.0. The van der Waals surface area contributed by atoms with Gasteiger partial charge in [-0.05, 0) is 40.4 Å². The summed E-state index contributed by atoms with van der Waals surface area (Å²) in [7, 11) is 0. The van der Waals surface area contributed by atoms with Crippen molar-refractivity contribution in [1.82, 2.24) is 20.2 Å². The number of benzene rings is 2. The van der Waals surface area contributed by atoms with Gasteiger partial charge in [0.25, 0.3) is 0 Å². The second kappa shape index (κ2) is 5.76. The number of hydrogen-bond donors (Lipinski definition) is 2. The van der Waals surface area contributed by atoms with E-state index >= 15 is 0 Å². The first-order chi connectivity index (χ1) is 10.3. The number of nitrogens with one attached hydrogen (secondary N) is 1. The van der Waals surface area contributed by atoms with Crippen LogP contribution < -0.4 is 5.73 Å². The van der Waals surface area contributed by atoms with E-state index in [0.29, 0.717) is 10.7 Å². The zero-order valence-corrected chi connectivity index (χ0v) is 11.8. The van der Waals surface area contributed by atoms with Gasteiger partial charge in [0.1, 0.15) is 5.84 Å². The topological polar surface area (TPSA) is 93.5 Å². The number of hydrogen-bond acceptors (Lipinski definition) is 5. The summed E-state index contributed by atoms with van der Waals surface area (Å²) in [6, 6.07) is 17.1. The van der Waals surface area contributed by atoms with Crippen molar-refractivity contribution in [3.8, 4) is 5.69 Å². The molecule has 21 heavy (non-hydrogen) atoms. The molecule has 3 aromatic rings. The molecule has 0 unspecified atom stereocenters. The van der Waals surface area contributed by atoms with Crippen molar-refractivity contribution in [1.29, 1.82) is 5.41 Å². The van der Waals surface area contributed by atoms with Gasteiger partial charge in [0.2, 0.25) is 5.16 Å². The van der Waals surface area contributed by atoms with E-state index in [1.165, 1.54) is 11.8 Å². The van der Waals surface area contributed by atoms with Crippen molar-refractivity contribution in [3.63, 3.8) is 0 Å². The number of nitrogens with two attached hydrogens (primary N) is 1. The smallest absolute Gasteiger partial charge is 0.218 e. The Hall–Kier alpha value is -2.67. The molecule has 6 nitrogen and oxygen atoms in total. The highest BCUT2D eigenvalue weighted by Gasteiger charge is 2.13. The van der Waals surface area contributed by atoms with Crippen molar-refractivity contribution >= 4 is 17.6 Å². The van der Waals surface area contributed by atoms with E-state index in [1.54, 1.807) is 10.7 Å². The van der Waals surface area contributed by atoms with Crippen molar-refractivity contribution in [2.45, 2.75) is 10.1 Å². The highest BCUT2D eigenvalue weighted by molar-refractivity contribution is 7.99. The molecule has 0 saturated heterocycles. The molecular weight excluding hydrogens is 284 g/mol. The van der Waals surface area contributed by atoms with Crippen LogP contribution in [0.3, 0.4) is 0 Å². The quantitative estimate of drug-likeness (QED) is 0.568. The van der Waals surface area contributed by atoms with Gasteiger partial charge in [-0.25, -0.2) is 0 Å². The number of nitrogen functional groups attached to an aromatic ring is 1. The Balaban J connectivity index is 1.98. The predicted molar refractivity (Wildman–Crippen MR) is 80.7 cm³/mol. The first-order valence-electron chi connectivity index (χ1n) is 6.21. The lowest BCUT2D eigenvalue weighted by Gasteiger charge is -2.07. The molecule has 0 saturated carbocycles. The first-order valence-corrected chi connectivity index (χ1v) is 7.02. The van der Waals surface area contributed by atoms with Gasteiger partial charge >= 0.3 is 0 Å². The standard InChI is InChI=1S/C14H12N6S/c15-13(16)11-8-4-5-9-12(11)21-14-17-18-19-20(14)10-6-2-1-3-7-10/h1-9H,(H3,15,16). The van der Waals surface area contributed by atoms with E-state index in [2.05, 4.69) is 15.5 Å². The average Bonchev–Trinajstić information content (AvgIpc) is 2.96. The van der Waals surface area contributed by atoms with Crippen molar-refractivity contribution in [2.24, 2.45) is 5.73 Å². The SMILES string of the molecule is N=C(N)c1ccccc1Sc1nnnn1-c1ccccc1. The van der Waals surface area contributed by atoms with Gasteiger partial charge in [-0.1, -0.05) is 36.4 Å². The first kappa shape index (κ1) is 13.3. The van der Waals surface area contributed by atoms with Crippen LogP contribution in [0.1, 0.15) is 5.56 Å². The Morgan fingerprint density at radius 2 is 1.76 bits per heavy atom. The maximum absolute atomic E-state index is 7.63. The molecule has 3 N–H and O–H groups in total. The number of para-hydroxylation sites is 1. The maximum atomic E-state index is 7.63. The highest BCUT2D eigenvalue weighted by atomic mass is 32.2. The molecule has 0 atom stereocenters. The summed E-state index contributed by atoms with van der Waals surface area (Å²) in [6.45, 7) is 0. The summed E-state index contributed by atoms with van der Waals surface area (Å²) >= 11 is 1.38. The summed E-state index contributed by atoms with van der Waals surface area (Å²) < 4.78 is 1.65. The van der Waals surface area contributed by atoms with Crippen LogP contribution in [0.25, 0.3) is 5.69 Å². The molecule has 1 aromatic heterocycles. The van der Waals surface area contributed by atoms with Gasteiger partial charge in [-0.3, -0.25) is 5.41 Å². The van der Waals surface area contributed by atoms with Crippen LogP contribution in [0.15, 0.2) is 64.6 Å². The second-order valence-electron chi connectivity index (χ2n) is 4.22. The van der Waals surface area contributed by atoms with Gasteiger partial charge in [-0.2, -0.15) is 4.68 Å². The summed E-state index contributed by atoms with van der Waals surface area (Å²) in [5.74, 6) is 0.0248. The van der Waals surface area contributed by atoms with Crippen LogP contribution in [-0.4, -0.2) is 26.0 Å². The summed E-state index contributed by atoms with van der Waals surface area (Å²) in [5.41, 5.74) is 7.16. The fourth-order valence-corrected chi connectivity index (χ4v) is 2.79. The summed E-state index contributed by atoms with van der Waals surface area (Å²) in [6.07, 6.45) is 0. The Labute approximate surface area is 125 Å². The third kappa shape index (κ3) is 2.77. The third-order valence-corrected chi connectivity index (χ3v) is 3.83. The number of nitrogens with zero attached hydrogens (tertiary/aromatic N) is 4. The highest BCUT2D eigenvalue weighted by Crippen LogP contribution is 2.29. The Morgan fingerprint density at radius 3 is 2.52 bits per heavy atom. The largest absolute Gasteiger partial charge is 0.384 e. The minimum atomic E-state index is 0.0248. The number of tetrazole rings is 1. The Kier molecular flexibility index (Phi) is 3.65. The molecule has 2 aromatic carbocycles. The minimum absolute atomic E-state index is 0.0248. The number of rotatable bonds is 4. The second-order valence-corrected chi connectivity index (χ2v) is 5.23. The predicted octanol–water partition coefficient (Wildman–Crippen LogP) is 2.10. The van der Waals surface area contributed by atoms with Crippen LogP contribution in [0.4, 0.5) is 0 Å². The molecule has 0 spiro atoms. The van der Waals surface area contributed by atoms with Crippen LogP contribution in [0.5, 0.6) is 0 Å². The Morgan fingerprint density at radius 1 is 1.05 bits per heavy atom. The van der Waals surface area contributed by atoms with E-state index in [0.717, 1.165) is 10.6 Å². The lowest BCUT2D eigenvalue weighted by Crippen LogP contribution is -2.12. The molecule has 104 valence electrons. The average molecular weight is 296 g/mol. The molecule has 0 bridgehead atoms. The molecule has 0 amide bonds. The number of aromatic nitrogens is 4. The summed E-state index contributed by atoms with van der Waals surface area (Å²) in [4.78, 5) is 0.844. The van der Waals surface area contributed by atoms with Crippen molar-refractivity contribution < 1.29 is 0 Å². The van der Waals surface area contributed by atoms with Crippen molar-refractivity contribution in [2.75, 3.05) is 0 Å². The third-order valence-electron chi connectivity index (χ3n) is 2.82. The zero-order chi connectivity index (χ0) is 14.7. The normalized spacial score (nSPS) is 10.5. The van der Waals surface area contributed by atoms with Gasteiger partial charge in [0.15, 0.2) is 0 Å². The molecule has 0 aliphatic rings. The zero-order valence-electron chi connectivity index (χ0n) is 11.0. The van der Waals surface area contributed by atoms with Gasteiger partial charge < -0.3 is 5.73 Å². The van der Waals surface area contributed by atoms with E-state index < -0.39 is 0 Å². The molecular formula is C14H12N6S. The molecule has 0 fully saturated rings. The van der Waals surface area contributed by atoms with Crippen LogP contribution in [0, 0.1) is 5.41 Å². The fourth-order valence-electron chi connectivity index (χ4n) is 1.85. The van der Waals surface area contributed by atoms with E-state index in [1.807, 2.05) is 48.5 Å².